The Hall–Kier alpha value is -1.99. The van der Waals surface area contributed by atoms with Gasteiger partial charge in [0.1, 0.15) is 11.8 Å². The molecule has 8 heteroatoms. The summed E-state index contributed by atoms with van der Waals surface area (Å²) in [7, 11) is 0. The zero-order valence-corrected chi connectivity index (χ0v) is 9.41. The molecule has 0 bridgehead atoms. The monoisotopic (exact) mass is 279 g/mol. The van der Waals surface area contributed by atoms with Crippen LogP contribution in [0.25, 0.3) is 0 Å². The normalized spacial score (nSPS) is 21.7. The number of carbonyl (C=O) groups excluding carboxylic acids is 1. The molecule has 1 heterocycles. The summed E-state index contributed by atoms with van der Waals surface area (Å²) in [5.41, 5.74) is -0.0419. The number of hydrogen-bond donors (Lipinski definition) is 1. The quantitative estimate of drug-likeness (QED) is 0.865. The molecule has 1 aromatic rings. The lowest BCUT2D eigenvalue weighted by Gasteiger charge is -2.31. The van der Waals surface area contributed by atoms with Crippen LogP contribution in [0.1, 0.15) is 11.6 Å². The fraction of sp³-hybridized carbons (Fsp3) is 0.364. The van der Waals surface area contributed by atoms with Crippen molar-refractivity contribution < 1.29 is 31.8 Å². The van der Waals surface area contributed by atoms with Crippen LogP contribution in [0.5, 0.6) is 5.75 Å². The molecule has 1 amide bonds. The number of alkyl carbamates (subject to hydrolysis) is 1. The average Bonchev–Trinajstić information content (AvgIpc) is 2.32. The number of rotatable bonds is 3. The van der Waals surface area contributed by atoms with E-state index >= 15 is 0 Å². The summed E-state index contributed by atoms with van der Waals surface area (Å²) in [4.78, 5) is 11.0. The van der Waals surface area contributed by atoms with Gasteiger partial charge in [-0.25, -0.2) is 13.6 Å². The van der Waals surface area contributed by atoms with Crippen LogP contribution in [0.2, 0.25) is 0 Å². The molecule has 0 aliphatic carbocycles. The molecule has 0 spiro atoms. The van der Waals surface area contributed by atoms with Crippen molar-refractivity contribution in [3.05, 3.63) is 29.8 Å². The third-order valence-electron chi connectivity index (χ3n) is 2.50. The highest BCUT2D eigenvalue weighted by Crippen LogP contribution is 2.35. The van der Waals surface area contributed by atoms with Crippen molar-refractivity contribution in [3.63, 3.8) is 0 Å². The fourth-order valence-electron chi connectivity index (χ4n) is 1.71. The first-order chi connectivity index (χ1) is 8.88. The van der Waals surface area contributed by atoms with E-state index in [1.807, 2.05) is 5.32 Å². The number of halogens is 4. The Bertz CT molecular complexity index is 481. The molecule has 19 heavy (non-hydrogen) atoms. The maximum atomic E-state index is 13.6. The molecular weight excluding hydrogens is 270 g/mol. The number of cyclic esters (lactones) is 1. The third-order valence-corrected chi connectivity index (χ3v) is 2.50. The number of hydrogen-bond acceptors (Lipinski definition) is 3. The van der Waals surface area contributed by atoms with Crippen LogP contribution >= 0.6 is 0 Å². The van der Waals surface area contributed by atoms with Crippen molar-refractivity contribution in [2.24, 2.45) is 0 Å². The maximum absolute atomic E-state index is 13.6. The van der Waals surface area contributed by atoms with E-state index in [1.165, 1.54) is 18.2 Å². The number of benzene rings is 1. The molecule has 0 saturated carbocycles. The molecule has 1 fully saturated rings. The van der Waals surface area contributed by atoms with E-state index in [4.69, 9.17) is 0 Å². The molecule has 104 valence electrons. The lowest BCUT2D eigenvalue weighted by Crippen LogP contribution is -2.49. The van der Waals surface area contributed by atoms with E-state index in [2.05, 4.69) is 9.47 Å². The van der Waals surface area contributed by atoms with Crippen LogP contribution in [-0.2, 0) is 4.74 Å². The second kappa shape index (κ2) is 4.94. The molecule has 1 atom stereocenters. The van der Waals surface area contributed by atoms with Crippen molar-refractivity contribution in [3.8, 4) is 5.75 Å². The molecule has 0 unspecified atom stereocenters. The molecule has 1 aromatic carbocycles. The highest BCUT2D eigenvalue weighted by atomic mass is 19.3. The largest absolute Gasteiger partial charge is 0.443 e. The Kier molecular flexibility index (Phi) is 3.50. The van der Waals surface area contributed by atoms with Crippen LogP contribution in [0.3, 0.4) is 0 Å². The van der Waals surface area contributed by atoms with Crippen LogP contribution < -0.4 is 10.1 Å². The molecule has 0 aromatic heterocycles. The maximum Gasteiger partial charge on any atom is 0.408 e. The summed E-state index contributed by atoms with van der Waals surface area (Å²) in [5, 5.41) is 1.95. The van der Waals surface area contributed by atoms with Crippen molar-refractivity contribution in [1.82, 2.24) is 5.32 Å². The van der Waals surface area contributed by atoms with Crippen LogP contribution in [0, 0.1) is 0 Å². The second-order valence-corrected chi connectivity index (χ2v) is 3.87. The highest BCUT2D eigenvalue weighted by Gasteiger charge is 2.46. The van der Waals surface area contributed by atoms with Gasteiger partial charge in [0.25, 0.3) is 0 Å². The Labute approximate surface area is 105 Å². The lowest BCUT2D eigenvalue weighted by molar-refractivity contribution is -0.104. The van der Waals surface area contributed by atoms with E-state index in [9.17, 15) is 22.4 Å². The average molecular weight is 279 g/mol. The predicted octanol–water partition coefficient (Wildman–Crippen LogP) is 2.70. The number of alkyl halides is 4. The second-order valence-electron chi connectivity index (χ2n) is 3.87. The fourth-order valence-corrected chi connectivity index (χ4v) is 1.71. The Morgan fingerprint density at radius 3 is 2.84 bits per heavy atom. The topological polar surface area (TPSA) is 47.6 Å². The summed E-state index contributed by atoms with van der Waals surface area (Å²) < 4.78 is 59.6. The summed E-state index contributed by atoms with van der Waals surface area (Å²) in [6.45, 7) is -4.12. The first-order valence-corrected chi connectivity index (χ1v) is 5.24. The van der Waals surface area contributed by atoms with Crippen LogP contribution in [-0.4, -0.2) is 25.2 Å². The Morgan fingerprint density at radius 2 is 2.16 bits per heavy atom. The van der Waals surface area contributed by atoms with E-state index in [0.717, 1.165) is 6.07 Å². The van der Waals surface area contributed by atoms with Gasteiger partial charge in [0.2, 0.25) is 0 Å². The minimum absolute atomic E-state index is 0.0419. The SMILES string of the molecule is O=C1N[C@@H](c2cccc(OC(F)F)c2)C(F)(F)CO1. The van der Waals surface area contributed by atoms with Crippen molar-refractivity contribution in [2.75, 3.05) is 6.61 Å². The zero-order chi connectivity index (χ0) is 14.0. The van der Waals surface area contributed by atoms with E-state index < -0.39 is 31.3 Å². The van der Waals surface area contributed by atoms with Crippen LogP contribution in [0.4, 0.5) is 22.4 Å². The molecule has 1 saturated heterocycles. The first kappa shape index (κ1) is 13.4. The first-order valence-electron chi connectivity index (χ1n) is 5.24. The number of carbonyl (C=O) groups is 1. The minimum atomic E-state index is -3.34. The highest BCUT2D eigenvalue weighted by molar-refractivity contribution is 5.69. The molecule has 1 aliphatic rings. The van der Waals surface area contributed by atoms with Gasteiger partial charge in [0.15, 0.2) is 6.61 Å². The van der Waals surface area contributed by atoms with Gasteiger partial charge in [-0.15, -0.1) is 0 Å². The van der Waals surface area contributed by atoms with Gasteiger partial charge in [-0.05, 0) is 17.7 Å². The number of nitrogens with one attached hydrogen (secondary N) is 1. The van der Waals surface area contributed by atoms with Crippen LogP contribution in [0.15, 0.2) is 24.3 Å². The summed E-state index contributed by atoms with van der Waals surface area (Å²) >= 11 is 0. The summed E-state index contributed by atoms with van der Waals surface area (Å²) in [6.07, 6.45) is -0.990. The van der Waals surface area contributed by atoms with E-state index in [0.29, 0.717) is 0 Å². The number of ether oxygens (including phenoxy) is 2. The standard InChI is InChI=1S/C11H9F4NO3/c12-9(13)19-7-3-1-2-6(4-7)8-11(14,15)5-18-10(17)16-8/h1-4,8-9H,5H2,(H,16,17)/t8-/m0/s1. The van der Waals surface area contributed by atoms with Gasteiger partial charge in [-0.3, -0.25) is 0 Å². The minimum Gasteiger partial charge on any atom is -0.443 e. The molecule has 4 nitrogen and oxygen atoms in total. The van der Waals surface area contributed by atoms with E-state index in [1.54, 1.807) is 0 Å². The van der Waals surface area contributed by atoms with Gasteiger partial charge >= 0.3 is 18.6 Å². The van der Waals surface area contributed by atoms with Gasteiger partial charge in [-0.2, -0.15) is 8.78 Å². The van der Waals surface area contributed by atoms with Crippen molar-refractivity contribution in [1.29, 1.82) is 0 Å². The summed E-state index contributed by atoms with van der Waals surface area (Å²) in [5.74, 6) is -3.60. The van der Waals surface area contributed by atoms with Crippen molar-refractivity contribution >= 4 is 6.09 Å². The number of amides is 1. The third kappa shape index (κ3) is 3.07. The smallest absolute Gasteiger partial charge is 0.408 e. The Balaban J connectivity index is 2.26. The van der Waals surface area contributed by atoms with E-state index in [-0.39, 0.29) is 11.3 Å². The molecule has 1 aliphatic heterocycles. The lowest BCUT2D eigenvalue weighted by atomic mass is 10.00. The van der Waals surface area contributed by atoms with Gasteiger partial charge in [0, 0.05) is 0 Å². The van der Waals surface area contributed by atoms with Gasteiger partial charge < -0.3 is 14.8 Å². The van der Waals surface area contributed by atoms with Gasteiger partial charge in [-0.1, -0.05) is 12.1 Å². The molecule has 2 rings (SSSR count). The molecule has 0 radical (unpaired) electrons. The molecular formula is C11H9F4NO3. The predicted molar refractivity (Wildman–Crippen MR) is 55.2 cm³/mol. The zero-order valence-electron chi connectivity index (χ0n) is 9.41. The van der Waals surface area contributed by atoms with Crippen molar-refractivity contribution in [2.45, 2.75) is 18.6 Å². The summed E-state index contributed by atoms with van der Waals surface area (Å²) in [6, 6.07) is 3.15. The van der Waals surface area contributed by atoms with Gasteiger partial charge in [0.05, 0.1) is 0 Å². The Morgan fingerprint density at radius 1 is 1.42 bits per heavy atom. The molecule has 1 N–H and O–H groups in total.